The van der Waals surface area contributed by atoms with Crippen LogP contribution in [0.1, 0.15) is 68.0 Å². The predicted molar refractivity (Wildman–Crippen MR) is 81.7 cm³/mol. The minimum Gasteiger partial charge on any atom is -0.303 e. The van der Waals surface area contributed by atoms with Crippen LogP contribution in [0.3, 0.4) is 0 Å². The molecule has 0 aliphatic heterocycles. The molecule has 1 heterocycles. The number of aryl methyl sites for hydroxylation is 2. The smallest absolute Gasteiger partial charge is 0.113 e. The zero-order valence-electron chi connectivity index (χ0n) is 12.5. The molecule has 2 nitrogen and oxygen atoms in total. The van der Waals surface area contributed by atoms with Gasteiger partial charge in [-0.05, 0) is 51.9 Å². The Morgan fingerprint density at radius 2 is 1.95 bits per heavy atom. The number of thiazole rings is 1. The lowest BCUT2D eigenvalue weighted by Crippen LogP contribution is -2.46. The third kappa shape index (κ3) is 2.59. The third-order valence-electron chi connectivity index (χ3n) is 4.92. The molecule has 1 aromatic rings. The highest BCUT2D eigenvalue weighted by atomic mass is 32.1. The van der Waals surface area contributed by atoms with Crippen molar-refractivity contribution in [1.82, 2.24) is 10.3 Å². The number of nitrogens with one attached hydrogen (secondary N) is 1. The van der Waals surface area contributed by atoms with E-state index >= 15 is 0 Å². The van der Waals surface area contributed by atoms with Gasteiger partial charge in [0, 0.05) is 10.9 Å². The Kier molecular flexibility index (Phi) is 3.69. The Bertz CT molecular complexity index is 444. The molecular weight excluding hydrogens is 252 g/mol. The Hall–Kier alpha value is -0.410. The first-order valence-corrected chi connectivity index (χ1v) is 8.69. The molecule has 1 aromatic heterocycles. The maximum absolute atomic E-state index is 4.98. The average Bonchev–Trinajstić information content (AvgIpc) is 2.92. The topological polar surface area (TPSA) is 24.9 Å². The van der Waals surface area contributed by atoms with Crippen LogP contribution < -0.4 is 5.32 Å². The second-order valence-corrected chi connectivity index (χ2v) is 7.68. The molecule has 3 heteroatoms. The minimum absolute atomic E-state index is 0.126. The number of rotatable bonds is 5. The van der Waals surface area contributed by atoms with Crippen molar-refractivity contribution in [2.45, 2.75) is 77.3 Å². The Morgan fingerprint density at radius 1 is 1.26 bits per heavy atom. The SMILES string of the molecule is CCc1nc(C(C)(NC2CC2)C2CCCC2)sc1C. The summed E-state index contributed by atoms with van der Waals surface area (Å²) in [5.74, 6) is 0.781. The van der Waals surface area contributed by atoms with Crippen molar-refractivity contribution in [2.75, 3.05) is 0 Å². The van der Waals surface area contributed by atoms with Gasteiger partial charge in [0.15, 0.2) is 0 Å². The molecule has 0 spiro atoms. The maximum Gasteiger partial charge on any atom is 0.113 e. The predicted octanol–water partition coefficient (Wildman–Crippen LogP) is 4.17. The first-order valence-electron chi connectivity index (χ1n) is 7.88. The fraction of sp³-hybridized carbons (Fsp3) is 0.812. The highest BCUT2D eigenvalue weighted by molar-refractivity contribution is 7.11. The van der Waals surface area contributed by atoms with Gasteiger partial charge in [-0.2, -0.15) is 0 Å². The molecule has 0 aromatic carbocycles. The van der Waals surface area contributed by atoms with Gasteiger partial charge in [0.05, 0.1) is 11.2 Å². The molecule has 0 amide bonds. The van der Waals surface area contributed by atoms with Crippen LogP contribution >= 0.6 is 11.3 Å². The molecule has 1 N–H and O–H groups in total. The van der Waals surface area contributed by atoms with Gasteiger partial charge < -0.3 is 5.32 Å². The summed E-state index contributed by atoms with van der Waals surface area (Å²) in [7, 11) is 0. The first kappa shape index (κ1) is 13.6. The Balaban J connectivity index is 1.91. The summed E-state index contributed by atoms with van der Waals surface area (Å²) in [5.41, 5.74) is 1.43. The van der Waals surface area contributed by atoms with E-state index in [2.05, 4.69) is 26.1 Å². The molecule has 2 aliphatic carbocycles. The average molecular weight is 278 g/mol. The van der Waals surface area contributed by atoms with E-state index in [1.54, 1.807) is 0 Å². The van der Waals surface area contributed by atoms with Crippen LogP contribution in [0.4, 0.5) is 0 Å². The van der Waals surface area contributed by atoms with Crippen LogP contribution in [0.2, 0.25) is 0 Å². The fourth-order valence-electron chi connectivity index (χ4n) is 3.49. The normalized spacial score (nSPS) is 23.7. The van der Waals surface area contributed by atoms with Gasteiger partial charge in [-0.3, -0.25) is 0 Å². The maximum atomic E-state index is 4.98. The molecule has 106 valence electrons. The summed E-state index contributed by atoms with van der Waals surface area (Å²) >= 11 is 1.93. The van der Waals surface area contributed by atoms with Crippen LogP contribution in [0.5, 0.6) is 0 Å². The fourth-order valence-corrected chi connectivity index (χ4v) is 4.68. The van der Waals surface area contributed by atoms with E-state index in [1.165, 1.54) is 54.1 Å². The number of aromatic nitrogens is 1. The quantitative estimate of drug-likeness (QED) is 0.874. The molecule has 1 atom stereocenters. The standard InChI is InChI=1S/C16H26N2S/c1-4-14-11(2)19-15(17-14)16(3,18-13-9-10-13)12-7-5-6-8-12/h12-13,18H,4-10H2,1-3H3. The van der Waals surface area contributed by atoms with Gasteiger partial charge in [0.1, 0.15) is 5.01 Å². The van der Waals surface area contributed by atoms with E-state index in [1.807, 2.05) is 11.3 Å². The molecule has 0 bridgehead atoms. The van der Waals surface area contributed by atoms with Crippen molar-refractivity contribution in [3.8, 4) is 0 Å². The van der Waals surface area contributed by atoms with Crippen LogP contribution in [-0.4, -0.2) is 11.0 Å². The summed E-state index contributed by atoms with van der Waals surface area (Å²) in [6, 6.07) is 0.750. The number of hydrogen-bond acceptors (Lipinski definition) is 3. The molecule has 0 radical (unpaired) electrons. The van der Waals surface area contributed by atoms with Crippen molar-refractivity contribution in [3.05, 3.63) is 15.6 Å². The molecule has 2 aliphatic rings. The summed E-state index contributed by atoms with van der Waals surface area (Å²) in [6.45, 7) is 6.86. The summed E-state index contributed by atoms with van der Waals surface area (Å²) in [5, 5.41) is 5.29. The van der Waals surface area contributed by atoms with Gasteiger partial charge in [-0.1, -0.05) is 19.8 Å². The van der Waals surface area contributed by atoms with Crippen molar-refractivity contribution in [1.29, 1.82) is 0 Å². The second-order valence-electron chi connectivity index (χ2n) is 6.48. The lowest BCUT2D eigenvalue weighted by atomic mass is 9.84. The van der Waals surface area contributed by atoms with E-state index in [-0.39, 0.29) is 5.54 Å². The Labute approximate surface area is 121 Å². The van der Waals surface area contributed by atoms with E-state index in [0.717, 1.165) is 18.4 Å². The molecule has 19 heavy (non-hydrogen) atoms. The van der Waals surface area contributed by atoms with Crippen LogP contribution in [0.15, 0.2) is 0 Å². The molecule has 0 saturated heterocycles. The minimum atomic E-state index is 0.126. The van der Waals surface area contributed by atoms with Crippen molar-refractivity contribution >= 4 is 11.3 Å². The molecule has 1 unspecified atom stereocenters. The zero-order valence-corrected chi connectivity index (χ0v) is 13.3. The van der Waals surface area contributed by atoms with Crippen molar-refractivity contribution in [3.63, 3.8) is 0 Å². The largest absolute Gasteiger partial charge is 0.303 e. The molecule has 2 fully saturated rings. The van der Waals surface area contributed by atoms with Crippen molar-refractivity contribution in [2.24, 2.45) is 5.92 Å². The highest BCUT2D eigenvalue weighted by Gasteiger charge is 2.43. The van der Waals surface area contributed by atoms with E-state index in [4.69, 9.17) is 4.98 Å². The second kappa shape index (κ2) is 5.17. The zero-order chi connectivity index (χ0) is 13.5. The Morgan fingerprint density at radius 3 is 2.47 bits per heavy atom. The van der Waals surface area contributed by atoms with Crippen LogP contribution in [0.25, 0.3) is 0 Å². The number of hydrogen-bond donors (Lipinski definition) is 1. The molecule has 2 saturated carbocycles. The van der Waals surface area contributed by atoms with Gasteiger partial charge in [0.2, 0.25) is 0 Å². The van der Waals surface area contributed by atoms with Gasteiger partial charge in [-0.25, -0.2) is 4.98 Å². The van der Waals surface area contributed by atoms with Gasteiger partial charge >= 0.3 is 0 Å². The summed E-state index contributed by atoms with van der Waals surface area (Å²) in [6.07, 6.45) is 9.31. The lowest BCUT2D eigenvalue weighted by molar-refractivity contribution is 0.231. The monoisotopic (exact) mass is 278 g/mol. The lowest BCUT2D eigenvalue weighted by Gasteiger charge is -2.35. The molecule has 3 rings (SSSR count). The highest BCUT2D eigenvalue weighted by Crippen LogP contribution is 2.44. The van der Waals surface area contributed by atoms with Crippen LogP contribution in [-0.2, 0) is 12.0 Å². The van der Waals surface area contributed by atoms with E-state index < -0.39 is 0 Å². The van der Waals surface area contributed by atoms with Crippen molar-refractivity contribution < 1.29 is 0 Å². The molecular formula is C16H26N2S. The van der Waals surface area contributed by atoms with Gasteiger partial charge in [0.25, 0.3) is 0 Å². The van der Waals surface area contributed by atoms with Crippen LogP contribution in [0, 0.1) is 12.8 Å². The van der Waals surface area contributed by atoms with E-state index in [0.29, 0.717) is 0 Å². The van der Waals surface area contributed by atoms with Gasteiger partial charge in [-0.15, -0.1) is 11.3 Å². The first-order chi connectivity index (χ1) is 9.13. The van der Waals surface area contributed by atoms with E-state index in [9.17, 15) is 0 Å². The summed E-state index contributed by atoms with van der Waals surface area (Å²) in [4.78, 5) is 6.40. The third-order valence-corrected chi connectivity index (χ3v) is 6.18. The summed E-state index contributed by atoms with van der Waals surface area (Å²) < 4.78 is 0. The number of nitrogens with zero attached hydrogens (tertiary/aromatic N) is 1.